The van der Waals surface area contributed by atoms with Gasteiger partial charge in [0.25, 0.3) is 17.7 Å². The Morgan fingerprint density at radius 1 is 0.821 bits per heavy atom. The SMILES string of the molecule is C[C@@H](C(=O)c1ccc(Cl)cc1)N(C(=O)c1ccccc1Cl)N1C(=O)[C@@H]2[C@H](C1=O)[C@@]1(Cl)C(Cl)=C(Cl)[C@@]2(Cl)C1(Cl)Cl. The Labute approximate surface area is 262 Å². The predicted octanol–water partition coefficient (Wildman–Crippen LogP) is 7.07. The molecule has 6 nitrogen and oxygen atoms in total. The summed E-state index contributed by atoms with van der Waals surface area (Å²) >= 11 is 51.7. The average Bonchev–Trinajstić information content (AvgIpc) is 3.28. The molecule has 1 saturated heterocycles. The molecule has 1 saturated carbocycles. The summed E-state index contributed by atoms with van der Waals surface area (Å²) in [4.78, 5) is 51.3. The first-order valence-corrected chi connectivity index (χ1v) is 14.2. The van der Waals surface area contributed by atoms with Crippen molar-refractivity contribution in [3.63, 3.8) is 0 Å². The van der Waals surface area contributed by atoms with Gasteiger partial charge in [-0.15, -0.1) is 23.2 Å². The van der Waals surface area contributed by atoms with E-state index in [0.29, 0.717) is 10.0 Å². The van der Waals surface area contributed by atoms with Crippen molar-refractivity contribution in [2.24, 2.45) is 11.8 Å². The van der Waals surface area contributed by atoms with Crippen LogP contribution in [0.15, 0.2) is 58.6 Å². The van der Waals surface area contributed by atoms with Gasteiger partial charge in [-0.1, -0.05) is 81.7 Å². The lowest BCUT2D eigenvalue weighted by molar-refractivity contribution is -0.157. The van der Waals surface area contributed by atoms with Crippen LogP contribution in [0.2, 0.25) is 10.0 Å². The molecule has 3 amide bonds. The summed E-state index contributed by atoms with van der Waals surface area (Å²) in [7, 11) is 0. The number of carbonyl (C=O) groups is 4. The number of imide groups is 1. The van der Waals surface area contributed by atoms with E-state index < -0.39 is 55.5 Å². The maximum atomic E-state index is 14.0. The van der Waals surface area contributed by atoms with E-state index in [1.807, 2.05) is 0 Å². The lowest BCUT2D eigenvalue weighted by Gasteiger charge is -2.38. The Bertz CT molecular complexity index is 1450. The Hall–Kier alpha value is -1.22. The van der Waals surface area contributed by atoms with Gasteiger partial charge >= 0.3 is 0 Å². The van der Waals surface area contributed by atoms with Gasteiger partial charge in [0, 0.05) is 10.6 Å². The highest BCUT2D eigenvalue weighted by atomic mass is 35.5. The molecular formula is C25H14Cl8N2O4. The van der Waals surface area contributed by atoms with E-state index in [1.165, 1.54) is 49.4 Å². The van der Waals surface area contributed by atoms with E-state index in [4.69, 9.17) is 92.8 Å². The van der Waals surface area contributed by atoms with Crippen LogP contribution in [0, 0.1) is 11.8 Å². The second kappa shape index (κ2) is 9.67. The van der Waals surface area contributed by atoms with E-state index in [0.717, 1.165) is 5.01 Å². The van der Waals surface area contributed by atoms with Crippen LogP contribution >= 0.6 is 92.8 Å². The third-order valence-electron chi connectivity index (χ3n) is 7.29. The van der Waals surface area contributed by atoms with E-state index in [1.54, 1.807) is 6.07 Å². The molecule has 14 heteroatoms. The van der Waals surface area contributed by atoms with Crippen LogP contribution < -0.4 is 0 Å². The van der Waals surface area contributed by atoms with Gasteiger partial charge in [0.05, 0.1) is 32.5 Å². The van der Waals surface area contributed by atoms with Crippen molar-refractivity contribution in [2.75, 3.05) is 0 Å². The maximum Gasteiger partial charge on any atom is 0.275 e. The molecule has 0 aromatic heterocycles. The summed E-state index contributed by atoms with van der Waals surface area (Å²) in [6.45, 7) is 1.35. The lowest BCUT2D eigenvalue weighted by Crippen LogP contribution is -2.59. The van der Waals surface area contributed by atoms with Crippen molar-refractivity contribution in [1.82, 2.24) is 10.0 Å². The molecule has 2 aromatic carbocycles. The molecular weight excluding hydrogens is 676 g/mol. The molecule has 3 aliphatic rings. The summed E-state index contributed by atoms with van der Waals surface area (Å²) in [5, 5.41) is 1.09. The standard InChI is InChI=1S/C25H14Cl8N2O4/c1-10(17(36)11-6-8-12(26)9-7-11)34(20(37)13-4-2-3-5-14(13)27)35-21(38)15-16(22(35)39)24(31)19(29)18(28)23(15,30)25(24,32)33/h2-10,15-16H,1H3/t10-,15-,16+,23+,24+/m0/s1. The molecule has 5 rings (SSSR count). The number of hydrazine groups is 1. The number of halogens is 8. The topological polar surface area (TPSA) is 74.8 Å². The van der Waals surface area contributed by atoms with Gasteiger partial charge in [0.1, 0.15) is 15.8 Å². The van der Waals surface area contributed by atoms with Crippen molar-refractivity contribution in [1.29, 1.82) is 0 Å². The van der Waals surface area contributed by atoms with Crippen LogP contribution in [-0.2, 0) is 9.59 Å². The predicted molar refractivity (Wildman–Crippen MR) is 152 cm³/mol. The van der Waals surface area contributed by atoms with Gasteiger partial charge in [-0.3, -0.25) is 19.2 Å². The molecule has 2 fully saturated rings. The molecule has 2 aromatic rings. The number of hydrogen-bond acceptors (Lipinski definition) is 4. The normalized spacial score (nSPS) is 29.6. The largest absolute Gasteiger partial charge is 0.292 e. The van der Waals surface area contributed by atoms with E-state index in [9.17, 15) is 19.2 Å². The number of benzene rings is 2. The minimum absolute atomic E-state index is 0.0221. The molecule has 2 bridgehead atoms. The third-order valence-corrected chi connectivity index (χ3v) is 12.1. The summed E-state index contributed by atoms with van der Waals surface area (Å²) < 4.78 is -2.16. The Morgan fingerprint density at radius 3 is 1.79 bits per heavy atom. The van der Waals surface area contributed by atoms with Crippen LogP contribution in [0.5, 0.6) is 0 Å². The highest BCUT2D eigenvalue weighted by molar-refractivity contribution is 6.66. The van der Waals surface area contributed by atoms with Crippen LogP contribution in [-0.4, -0.2) is 53.6 Å². The zero-order valence-corrected chi connectivity index (χ0v) is 25.4. The van der Waals surface area contributed by atoms with Crippen molar-refractivity contribution in [2.45, 2.75) is 27.0 Å². The second-order valence-corrected chi connectivity index (χ2v) is 13.4. The number of Topliss-reactive ketones (excluding diaryl/α,β-unsaturated/α-hetero) is 1. The minimum Gasteiger partial charge on any atom is -0.292 e. The Kier molecular flexibility index (Phi) is 7.26. The molecule has 0 radical (unpaired) electrons. The van der Waals surface area contributed by atoms with Crippen LogP contribution in [0.1, 0.15) is 27.6 Å². The first kappa shape index (κ1) is 29.3. The maximum absolute atomic E-state index is 14.0. The number of alkyl halides is 4. The fraction of sp³-hybridized carbons (Fsp3) is 0.280. The number of rotatable bonds is 5. The second-order valence-electron chi connectivity index (χ2n) is 9.25. The fourth-order valence-corrected chi connectivity index (χ4v) is 8.63. The first-order valence-electron chi connectivity index (χ1n) is 11.2. The summed E-state index contributed by atoms with van der Waals surface area (Å²) in [5.41, 5.74) is 0.0917. The lowest BCUT2D eigenvalue weighted by atomic mass is 9.84. The smallest absolute Gasteiger partial charge is 0.275 e. The van der Waals surface area contributed by atoms with Crippen LogP contribution in [0.25, 0.3) is 0 Å². The number of allylic oxidation sites excluding steroid dienone is 2. The van der Waals surface area contributed by atoms with Crippen LogP contribution in [0.3, 0.4) is 0 Å². The summed E-state index contributed by atoms with van der Waals surface area (Å²) in [6, 6.07) is 10.4. The molecule has 0 N–H and O–H groups in total. The monoisotopic (exact) mass is 686 g/mol. The first-order chi connectivity index (χ1) is 18.1. The fourth-order valence-electron chi connectivity index (χ4n) is 5.36. The summed E-state index contributed by atoms with van der Waals surface area (Å²) in [6.07, 6.45) is 0. The molecule has 1 heterocycles. The number of nitrogens with zero attached hydrogens (tertiary/aromatic N) is 2. The number of hydrogen-bond donors (Lipinski definition) is 0. The molecule has 0 unspecified atom stereocenters. The van der Waals surface area contributed by atoms with Crippen LogP contribution in [0.4, 0.5) is 0 Å². The highest BCUT2D eigenvalue weighted by Crippen LogP contribution is 2.77. The molecule has 5 atom stereocenters. The minimum atomic E-state index is -2.16. The Morgan fingerprint density at radius 2 is 1.31 bits per heavy atom. The van der Waals surface area contributed by atoms with Crippen molar-refractivity contribution in [3.05, 3.63) is 79.8 Å². The van der Waals surface area contributed by atoms with E-state index in [2.05, 4.69) is 0 Å². The van der Waals surface area contributed by atoms with E-state index >= 15 is 0 Å². The highest BCUT2D eigenvalue weighted by Gasteiger charge is 2.88. The molecule has 1 aliphatic heterocycles. The molecule has 204 valence electrons. The van der Waals surface area contributed by atoms with Gasteiger partial charge in [-0.05, 0) is 43.3 Å². The summed E-state index contributed by atoms with van der Waals surface area (Å²) in [5.74, 6) is -6.52. The number of fused-ring (bicyclic) bond motifs is 5. The van der Waals surface area contributed by atoms with Crippen molar-refractivity contribution < 1.29 is 19.2 Å². The number of carbonyl (C=O) groups excluding carboxylic acids is 4. The third kappa shape index (κ3) is 3.69. The van der Waals surface area contributed by atoms with Gasteiger partial charge in [0.15, 0.2) is 10.1 Å². The average molecular weight is 690 g/mol. The van der Waals surface area contributed by atoms with Crippen molar-refractivity contribution >= 4 is 116 Å². The van der Waals surface area contributed by atoms with E-state index in [-0.39, 0.29) is 26.2 Å². The molecule has 39 heavy (non-hydrogen) atoms. The Balaban J connectivity index is 1.65. The molecule has 0 spiro atoms. The number of ketones is 1. The van der Waals surface area contributed by atoms with Gasteiger partial charge < -0.3 is 0 Å². The van der Waals surface area contributed by atoms with Crippen molar-refractivity contribution in [3.8, 4) is 0 Å². The van der Waals surface area contributed by atoms with Gasteiger partial charge in [-0.25, -0.2) is 5.01 Å². The zero-order chi connectivity index (χ0) is 28.8. The number of amides is 3. The molecule has 2 aliphatic carbocycles. The van der Waals surface area contributed by atoms with Gasteiger partial charge in [0.2, 0.25) is 0 Å². The quantitative estimate of drug-likeness (QED) is 0.191. The zero-order valence-electron chi connectivity index (χ0n) is 19.4. The van der Waals surface area contributed by atoms with Gasteiger partial charge in [-0.2, -0.15) is 5.01 Å².